The Bertz CT molecular complexity index is 765. The summed E-state index contributed by atoms with van der Waals surface area (Å²) < 4.78 is 0. The van der Waals surface area contributed by atoms with Crippen LogP contribution in [0.15, 0.2) is 11.6 Å². The van der Waals surface area contributed by atoms with E-state index in [1.165, 1.54) is 38.5 Å². The Morgan fingerprint density at radius 1 is 0.933 bits per heavy atom. The minimum Gasteiger partial charge on any atom is -0.481 e. The first kappa shape index (κ1) is 21.1. The number of hydrogen-bond donors (Lipinski definition) is 1. The molecule has 0 aromatic carbocycles. The van der Waals surface area contributed by atoms with E-state index in [-0.39, 0.29) is 11.3 Å². The van der Waals surface area contributed by atoms with Crippen LogP contribution >= 0.6 is 0 Å². The van der Waals surface area contributed by atoms with E-state index in [4.69, 9.17) is 0 Å². The van der Waals surface area contributed by atoms with E-state index in [2.05, 4.69) is 40.7 Å². The minimum atomic E-state index is -0.508. The number of rotatable bonds is 1. The lowest BCUT2D eigenvalue weighted by molar-refractivity contribution is -0.166. The van der Waals surface area contributed by atoms with Crippen molar-refractivity contribution in [2.45, 2.75) is 105 Å². The third-order valence-electron chi connectivity index (χ3n) is 11.7. The van der Waals surface area contributed by atoms with E-state index in [9.17, 15) is 9.90 Å². The van der Waals surface area contributed by atoms with Crippen LogP contribution in [0.25, 0.3) is 0 Å². The van der Waals surface area contributed by atoms with Gasteiger partial charge in [0.1, 0.15) is 0 Å². The average molecular weight is 413 g/mol. The fraction of sp³-hybridized carbons (Fsp3) is 0.893. The predicted octanol–water partition coefficient (Wildman–Crippen LogP) is 7.48. The fourth-order valence-electron chi connectivity index (χ4n) is 9.98. The van der Waals surface area contributed by atoms with E-state index in [0.717, 1.165) is 49.9 Å². The summed E-state index contributed by atoms with van der Waals surface area (Å²) in [5.74, 6) is 2.95. The number of aliphatic carboxylic acids is 1. The number of allylic oxidation sites excluding steroid dienone is 2. The molecule has 0 spiro atoms. The molecule has 0 bridgehead atoms. The minimum absolute atomic E-state index is 0.270. The maximum atomic E-state index is 12.6. The van der Waals surface area contributed by atoms with Gasteiger partial charge in [0, 0.05) is 0 Å². The standard InChI is InChI=1S/C28H44O2/c1-18-7-6-12-26(4)20(18)10-13-27(5)21-11-14-28(24(29)30)16-15-25(2,3)17-22(28)19(21)8-9-23(26)27/h8,18,20-23H,6-7,9-17H2,1-5H3,(H,29,30). The molecule has 5 rings (SSSR count). The number of hydrogen-bond acceptors (Lipinski definition) is 1. The highest BCUT2D eigenvalue weighted by molar-refractivity contribution is 5.76. The van der Waals surface area contributed by atoms with Crippen LogP contribution in [0.2, 0.25) is 0 Å². The van der Waals surface area contributed by atoms with Crippen LogP contribution < -0.4 is 0 Å². The smallest absolute Gasteiger partial charge is 0.310 e. The third kappa shape index (κ3) is 2.70. The Balaban J connectivity index is 1.55. The second kappa shape index (κ2) is 6.61. The van der Waals surface area contributed by atoms with Crippen LogP contribution in [0.3, 0.4) is 0 Å². The van der Waals surface area contributed by atoms with Crippen molar-refractivity contribution in [1.29, 1.82) is 0 Å². The molecular formula is C28H44O2. The molecule has 2 heteroatoms. The number of fused-ring (bicyclic) bond motifs is 7. The monoisotopic (exact) mass is 412 g/mol. The van der Waals surface area contributed by atoms with Crippen molar-refractivity contribution in [3.05, 3.63) is 11.6 Å². The van der Waals surface area contributed by atoms with E-state index in [1.54, 1.807) is 5.57 Å². The molecule has 0 aromatic rings. The van der Waals surface area contributed by atoms with Gasteiger partial charge in [-0.25, -0.2) is 0 Å². The van der Waals surface area contributed by atoms with Crippen LogP contribution in [0, 0.1) is 51.2 Å². The largest absolute Gasteiger partial charge is 0.481 e. The molecular weight excluding hydrogens is 368 g/mol. The predicted molar refractivity (Wildman–Crippen MR) is 122 cm³/mol. The van der Waals surface area contributed by atoms with E-state index in [0.29, 0.717) is 16.7 Å². The molecule has 4 saturated carbocycles. The summed E-state index contributed by atoms with van der Waals surface area (Å²) in [5, 5.41) is 10.4. The second-order valence-corrected chi connectivity index (χ2v) is 13.5. The molecule has 8 atom stereocenters. The maximum absolute atomic E-state index is 12.6. The molecule has 4 fully saturated rings. The Morgan fingerprint density at radius 3 is 2.43 bits per heavy atom. The Morgan fingerprint density at radius 2 is 1.70 bits per heavy atom. The second-order valence-electron chi connectivity index (χ2n) is 13.5. The van der Waals surface area contributed by atoms with Gasteiger partial charge in [0.15, 0.2) is 0 Å². The van der Waals surface area contributed by atoms with Crippen molar-refractivity contribution >= 4 is 5.97 Å². The molecule has 2 nitrogen and oxygen atoms in total. The molecule has 1 N–H and O–H groups in total. The highest BCUT2D eigenvalue weighted by Gasteiger charge is 2.63. The summed E-state index contributed by atoms with van der Waals surface area (Å²) in [7, 11) is 0. The summed E-state index contributed by atoms with van der Waals surface area (Å²) in [6.45, 7) is 12.5. The first-order valence-electron chi connectivity index (χ1n) is 13.0. The lowest BCUT2D eigenvalue weighted by atomic mass is 9.38. The molecule has 0 heterocycles. The Hall–Kier alpha value is -0.790. The molecule has 0 amide bonds. The molecule has 0 aliphatic heterocycles. The molecule has 0 saturated heterocycles. The normalized spacial score (nSPS) is 52.2. The summed E-state index contributed by atoms with van der Waals surface area (Å²) in [6.07, 6.45) is 15.8. The van der Waals surface area contributed by atoms with Gasteiger partial charge in [-0.2, -0.15) is 0 Å². The van der Waals surface area contributed by atoms with Gasteiger partial charge in [-0.15, -0.1) is 0 Å². The molecule has 8 unspecified atom stereocenters. The van der Waals surface area contributed by atoms with Crippen molar-refractivity contribution < 1.29 is 9.90 Å². The van der Waals surface area contributed by atoms with Gasteiger partial charge >= 0.3 is 5.97 Å². The first-order chi connectivity index (χ1) is 14.0. The lowest BCUT2D eigenvalue weighted by Crippen LogP contribution is -2.59. The number of carboxylic acid groups (broad SMARTS) is 1. The maximum Gasteiger partial charge on any atom is 0.310 e. The van der Waals surface area contributed by atoms with Crippen LogP contribution in [0.5, 0.6) is 0 Å². The third-order valence-corrected chi connectivity index (χ3v) is 11.7. The number of carboxylic acids is 1. The van der Waals surface area contributed by atoms with Crippen molar-refractivity contribution in [3.63, 3.8) is 0 Å². The summed E-state index contributed by atoms with van der Waals surface area (Å²) >= 11 is 0. The zero-order chi connectivity index (χ0) is 21.5. The SMILES string of the molecule is CC1CCCC2(C)C1CCC1(C)C3CCC4(C(=O)O)CCC(C)(C)CC4C3=CCC12. The highest BCUT2D eigenvalue weighted by atomic mass is 16.4. The fourth-order valence-corrected chi connectivity index (χ4v) is 9.98. The summed E-state index contributed by atoms with van der Waals surface area (Å²) in [5.41, 5.74) is 2.23. The molecule has 0 radical (unpaired) electrons. The van der Waals surface area contributed by atoms with E-state index in [1.807, 2.05) is 0 Å². The van der Waals surface area contributed by atoms with E-state index < -0.39 is 11.4 Å². The quantitative estimate of drug-likeness (QED) is 0.453. The summed E-state index contributed by atoms with van der Waals surface area (Å²) in [6, 6.07) is 0. The van der Waals surface area contributed by atoms with Crippen molar-refractivity contribution in [2.24, 2.45) is 51.2 Å². The van der Waals surface area contributed by atoms with Gasteiger partial charge in [0.25, 0.3) is 0 Å². The van der Waals surface area contributed by atoms with Crippen molar-refractivity contribution in [2.75, 3.05) is 0 Å². The summed E-state index contributed by atoms with van der Waals surface area (Å²) in [4.78, 5) is 12.6. The van der Waals surface area contributed by atoms with Gasteiger partial charge in [0.2, 0.25) is 0 Å². The van der Waals surface area contributed by atoms with Gasteiger partial charge in [0.05, 0.1) is 5.41 Å². The van der Waals surface area contributed by atoms with Crippen LogP contribution in [0.4, 0.5) is 0 Å². The Kier molecular flexibility index (Phi) is 4.64. The van der Waals surface area contributed by atoms with Crippen LogP contribution in [-0.2, 0) is 4.79 Å². The zero-order valence-corrected chi connectivity index (χ0v) is 20.1. The zero-order valence-electron chi connectivity index (χ0n) is 20.1. The van der Waals surface area contributed by atoms with Crippen molar-refractivity contribution in [3.8, 4) is 0 Å². The van der Waals surface area contributed by atoms with Crippen LogP contribution in [-0.4, -0.2) is 11.1 Å². The van der Waals surface area contributed by atoms with Gasteiger partial charge < -0.3 is 5.11 Å². The van der Waals surface area contributed by atoms with E-state index >= 15 is 0 Å². The van der Waals surface area contributed by atoms with Gasteiger partial charge in [-0.05, 0) is 104 Å². The number of carbonyl (C=O) groups is 1. The highest BCUT2D eigenvalue weighted by Crippen LogP contribution is 2.70. The molecule has 5 aliphatic rings. The first-order valence-corrected chi connectivity index (χ1v) is 13.0. The molecule has 0 aromatic heterocycles. The molecule has 30 heavy (non-hydrogen) atoms. The van der Waals surface area contributed by atoms with Gasteiger partial charge in [-0.1, -0.05) is 59.1 Å². The lowest BCUT2D eigenvalue weighted by Gasteiger charge is -2.66. The average Bonchev–Trinajstić information content (AvgIpc) is 2.66. The molecule has 168 valence electrons. The Labute approximate surface area is 184 Å². The van der Waals surface area contributed by atoms with Crippen LogP contribution in [0.1, 0.15) is 105 Å². The van der Waals surface area contributed by atoms with Crippen molar-refractivity contribution in [1.82, 2.24) is 0 Å². The van der Waals surface area contributed by atoms with Gasteiger partial charge in [-0.3, -0.25) is 4.79 Å². The molecule has 5 aliphatic carbocycles. The topological polar surface area (TPSA) is 37.3 Å².